The maximum Gasteiger partial charge on any atom is 0.257 e. The molecule has 2 aromatic rings. The molecular formula is C14H10Cl3NOS2. The molecule has 1 aromatic carbocycles. The van der Waals surface area contributed by atoms with Crippen LogP contribution in [0, 0.1) is 0 Å². The molecule has 110 valence electrons. The van der Waals surface area contributed by atoms with Gasteiger partial charge in [0.15, 0.2) is 0 Å². The summed E-state index contributed by atoms with van der Waals surface area (Å²) in [7, 11) is 0. The summed E-state index contributed by atoms with van der Waals surface area (Å²) in [5.41, 5.74) is 1.42. The molecule has 0 N–H and O–H groups in total. The second-order valence-corrected chi connectivity index (χ2v) is 8.36. The normalized spacial score (nSPS) is 18.2. The molecule has 1 fully saturated rings. The second-order valence-electron chi connectivity index (χ2n) is 4.48. The molecular weight excluding hydrogens is 369 g/mol. The van der Waals surface area contributed by atoms with Gasteiger partial charge in [0.05, 0.1) is 9.90 Å². The first-order valence-corrected chi connectivity index (χ1v) is 9.19. The predicted molar refractivity (Wildman–Crippen MR) is 92.0 cm³/mol. The number of benzene rings is 1. The Kier molecular flexibility index (Phi) is 4.71. The smallest absolute Gasteiger partial charge is 0.257 e. The summed E-state index contributed by atoms with van der Waals surface area (Å²) < 4.78 is 0.948. The summed E-state index contributed by atoms with van der Waals surface area (Å²) in [4.78, 5) is 14.5. The van der Waals surface area contributed by atoms with Crippen LogP contribution in [0.4, 0.5) is 0 Å². The van der Waals surface area contributed by atoms with Crippen molar-refractivity contribution in [2.75, 3.05) is 12.3 Å². The van der Waals surface area contributed by atoms with Gasteiger partial charge in [0, 0.05) is 22.9 Å². The highest BCUT2D eigenvalue weighted by Gasteiger charge is 2.33. The van der Waals surface area contributed by atoms with Gasteiger partial charge in [-0.25, -0.2) is 0 Å². The number of carbonyl (C=O) groups excluding carboxylic acids is 1. The van der Waals surface area contributed by atoms with Gasteiger partial charge in [-0.05, 0) is 12.1 Å². The fourth-order valence-electron chi connectivity index (χ4n) is 2.25. The third-order valence-corrected chi connectivity index (χ3v) is 6.28. The maximum absolute atomic E-state index is 12.7. The minimum Gasteiger partial charge on any atom is -0.322 e. The number of rotatable bonds is 2. The van der Waals surface area contributed by atoms with Gasteiger partial charge in [0.2, 0.25) is 0 Å². The van der Waals surface area contributed by atoms with E-state index in [1.54, 1.807) is 22.7 Å². The largest absolute Gasteiger partial charge is 0.322 e. The Morgan fingerprint density at radius 1 is 1.24 bits per heavy atom. The SMILES string of the molecule is O=C(c1cc(Cl)sc1Cl)N1CCSC1c1ccccc1Cl. The Hall–Kier alpha value is -0.390. The number of thioether (sulfide) groups is 1. The van der Waals surface area contributed by atoms with Crippen LogP contribution >= 0.6 is 57.9 Å². The van der Waals surface area contributed by atoms with Gasteiger partial charge >= 0.3 is 0 Å². The summed E-state index contributed by atoms with van der Waals surface area (Å²) in [5, 5.41) is 0.588. The summed E-state index contributed by atoms with van der Waals surface area (Å²) in [5.74, 6) is 0.773. The van der Waals surface area contributed by atoms with E-state index in [1.807, 2.05) is 24.3 Å². The topological polar surface area (TPSA) is 20.3 Å². The van der Waals surface area contributed by atoms with E-state index in [2.05, 4.69) is 0 Å². The molecule has 2 nitrogen and oxygen atoms in total. The minimum absolute atomic E-state index is 0.0825. The molecule has 1 amide bonds. The van der Waals surface area contributed by atoms with E-state index in [9.17, 15) is 4.79 Å². The highest BCUT2D eigenvalue weighted by atomic mass is 35.5. The number of thiophene rings is 1. The molecule has 1 aliphatic heterocycles. The van der Waals surface area contributed by atoms with Crippen molar-refractivity contribution < 1.29 is 4.79 Å². The van der Waals surface area contributed by atoms with E-state index in [0.717, 1.165) is 11.3 Å². The fourth-order valence-corrected chi connectivity index (χ4v) is 5.30. The van der Waals surface area contributed by atoms with Crippen LogP contribution in [0.25, 0.3) is 0 Å². The molecule has 1 atom stereocenters. The van der Waals surface area contributed by atoms with E-state index < -0.39 is 0 Å². The Labute approximate surface area is 146 Å². The molecule has 0 radical (unpaired) electrons. The first-order chi connectivity index (χ1) is 10.1. The van der Waals surface area contributed by atoms with Gasteiger partial charge in [-0.2, -0.15) is 0 Å². The molecule has 1 saturated heterocycles. The summed E-state index contributed by atoms with van der Waals surface area (Å²) >= 11 is 21.2. The van der Waals surface area contributed by atoms with Crippen LogP contribution in [0.2, 0.25) is 13.7 Å². The van der Waals surface area contributed by atoms with E-state index in [4.69, 9.17) is 34.8 Å². The molecule has 0 aliphatic carbocycles. The average Bonchev–Trinajstić information content (AvgIpc) is 3.05. The van der Waals surface area contributed by atoms with Crippen molar-refractivity contribution in [2.45, 2.75) is 5.37 Å². The third kappa shape index (κ3) is 3.06. The summed E-state index contributed by atoms with van der Waals surface area (Å²) in [6.45, 7) is 0.670. The average molecular weight is 379 g/mol. The molecule has 1 unspecified atom stereocenters. The number of amides is 1. The van der Waals surface area contributed by atoms with Crippen LogP contribution in [0.5, 0.6) is 0 Å². The van der Waals surface area contributed by atoms with Crippen molar-refractivity contribution in [3.8, 4) is 0 Å². The first kappa shape index (κ1) is 15.5. The number of hydrogen-bond acceptors (Lipinski definition) is 3. The summed E-state index contributed by atoms with van der Waals surface area (Å²) in [6, 6.07) is 9.23. The van der Waals surface area contributed by atoms with Crippen LogP contribution in [-0.4, -0.2) is 23.1 Å². The van der Waals surface area contributed by atoms with Gasteiger partial charge in [0.1, 0.15) is 9.71 Å². The lowest BCUT2D eigenvalue weighted by Crippen LogP contribution is -2.30. The van der Waals surface area contributed by atoms with Crippen molar-refractivity contribution in [1.82, 2.24) is 4.90 Å². The lowest BCUT2D eigenvalue weighted by atomic mass is 10.2. The van der Waals surface area contributed by atoms with Gasteiger partial charge in [0.25, 0.3) is 5.91 Å². The molecule has 1 aliphatic rings. The number of carbonyl (C=O) groups is 1. The van der Waals surface area contributed by atoms with Crippen LogP contribution in [-0.2, 0) is 0 Å². The predicted octanol–water partition coefficient (Wildman–Crippen LogP) is 5.60. The quantitative estimate of drug-likeness (QED) is 0.678. The van der Waals surface area contributed by atoms with E-state index in [0.29, 0.717) is 25.8 Å². The summed E-state index contributed by atoms with van der Waals surface area (Å²) in [6.07, 6.45) is 0. The lowest BCUT2D eigenvalue weighted by molar-refractivity contribution is 0.0761. The van der Waals surface area contributed by atoms with Crippen molar-refractivity contribution >= 4 is 63.8 Å². The Bertz CT molecular complexity index is 689. The van der Waals surface area contributed by atoms with Crippen LogP contribution in [0.1, 0.15) is 21.3 Å². The van der Waals surface area contributed by atoms with Crippen molar-refractivity contribution in [1.29, 1.82) is 0 Å². The molecule has 21 heavy (non-hydrogen) atoms. The number of hydrogen-bond donors (Lipinski definition) is 0. The zero-order valence-corrected chi connectivity index (χ0v) is 14.6. The zero-order chi connectivity index (χ0) is 15.0. The van der Waals surface area contributed by atoms with Crippen molar-refractivity contribution in [3.05, 3.63) is 55.2 Å². The van der Waals surface area contributed by atoms with Crippen molar-refractivity contribution in [3.63, 3.8) is 0 Å². The highest BCUT2D eigenvalue weighted by Crippen LogP contribution is 2.42. The van der Waals surface area contributed by atoms with Crippen LogP contribution in [0.3, 0.4) is 0 Å². The fraction of sp³-hybridized carbons (Fsp3) is 0.214. The Morgan fingerprint density at radius 3 is 2.67 bits per heavy atom. The number of halogens is 3. The second kappa shape index (κ2) is 6.39. The third-order valence-electron chi connectivity index (χ3n) is 3.21. The van der Waals surface area contributed by atoms with Crippen LogP contribution < -0.4 is 0 Å². The highest BCUT2D eigenvalue weighted by molar-refractivity contribution is 7.99. The Morgan fingerprint density at radius 2 is 2.00 bits per heavy atom. The Balaban J connectivity index is 1.93. The molecule has 0 bridgehead atoms. The molecule has 0 saturated carbocycles. The van der Waals surface area contributed by atoms with Crippen LogP contribution in [0.15, 0.2) is 30.3 Å². The molecule has 1 aromatic heterocycles. The number of nitrogens with zero attached hydrogens (tertiary/aromatic N) is 1. The van der Waals surface area contributed by atoms with Crippen molar-refractivity contribution in [2.24, 2.45) is 0 Å². The van der Waals surface area contributed by atoms with Gasteiger partial charge < -0.3 is 4.90 Å². The lowest BCUT2D eigenvalue weighted by Gasteiger charge is -2.24. The standard InChI is InChI=1S/C14H10Cl3NOS2/c15-10-4-2-1-3-8(10)14-18(5-6-20-14)13(19)9-7-11(16)21-12(9)17/h1-4,7,14H,5-6H2. The monoisotopic (exact) mass is 377 g/mol. The van der Waals surface area contributed by atoms with E-state index in [1.165, 1.54) is 11.3 Å². The molecule has 3 rings (SSSR count). The van der Waals surface area contributed by atoms with E-state index >= 15 is 0 Å². The van der Waals surface area contributed by atoms with Gasteiger partial charge in [-0.1, -0.05) is 53.0 Å². The molecule has 2 heterocycles. The first-order valence-electron chi connectivity index (χ1n) is 6.20. The maximum atomic E-state index is 12.7. The minimum atomic E-state index is -0.0990. The van der Waals surface area contributed by atoms with Gasteiger partial charge in [-0.15, -0.1) is 23.1 Å². The molecule has 0 spiro atoms. The van der Waals surface area contributed by atoms with E-state index in [-0.39, 0.29) is 11.3 Å². The molecule has 7 heteroatoms. The zero-order valence-electron chi connectivity index (χ0n) is 10.7. The van der Waals surface area contributed by atoms with Gasteiger partial charge in [-0.3, -0.25) is 4.79 Å².